The van der Waals surface area contributed by atoms with E-state index in [9.17, 15) is 4.79 Å². The average molecular weight is 228 g/mol. The van der Waals surface area contributed by atoms with Gasteiger partial charge in [-0.2, -0.15) is 0 Å². The van der Waals surface area contributed by atoms with Crippen molar-refractivity contribution in [3.8, 4) is 0 Å². The van der Waals surface area contributed by atoms with Gasteiger partial charge in [0.1, 0.15) is 0 Å². The predicted octanol–water partition coefficient (Wildman–Crippen LogP) is 1.99. The van der Waals surface area contributed by atoms with Gasteiger partial charge in [0, 0.05) is 13.2 Å². The number of rotatable bonds is 5. The van der Waals surface area contributed by atoms with Gasteiger partial charge in [0.15, 0.2) is 0 Å². The van der Waals surface area contributed by atoms with Gasteiger partial charge in [0.05, 0.1) is 18.8 Å². The number of hydrogen-bond donors (Lipinski definition) is 1. The lowest BCUT2D eigenvalue weighted by atomic mass is 9.95. The van der Waals surface area contributed by atoms with Gasteiger partial charge in [-0.05, 0) is 38.2 Å². The van der Waals surface area contributed by atoms with Crippen LogP contribution in [0.1, 0.15) is 32.6 Å². The molecule has 1 rings (SSSR count). The van der Waals surface area contributed by atoms with Gasteiger partial charge >= 0.3 is 5.97 Å². The van der Waals surface area contributed by atoms with Crippen LogP contribution in [0.3, 0.4) is 0 Å². The molecule has 1 saturated carbocycles. The van der Waals surface area contributed by atoms with Crippen molar-refractivity contribution < 1.29 is 19.4 Å². The second-order valence-corrected chi connectivity index (χ2v) is 4.29. The molecular weight excluding hydrogens is 208 g/mol. The van der Waals surface area contributed by atoms with Crippen LogP contribution in [0.15, 0.2) is 11.6 Å². The number of aliphatic carboxylic acids is 1. The molecule has 4 heteroatoms. The van der Waals surface area contributed by atoms with Crippen LogP contribution >= 0.6 is 0 Å². The lowest BCUT2D eigenvalue weighted by Gasteiger charge is -2.28. The molecule has 1 fully saturated rings. The van der Waals surface area contributed by atoms with E-state index in [0.29, 0.717) is 12.7 Å². The van der Waals surface area contributed by atoms with E-state index in [4.69, 9.17) is 14.6 Å². The lowest BCUT2D eigenvalue weighted by Crippen LogP contribution is -2.27. The Hall–Kier alpha value is -0.870. The molecule has 92 valence electrons. The Kier molecular flexibility index (Phi) is 5.49. The zero-order valence-electron chi connectivity index (χ0n) is 9.94. The second-order valence-electron chi connectivity index (χ2n) is 4.29. The van der Waals surface area contributed by atoms with Gasteiger partial charge in [0.25, 0.3) is 0 Å². The van der Waals surface area contributed by atoms with Crippen LogP contribution in [0, 0.1) is 0 Å². The zero-order chi connectivity index (χ0) is 12.0. The summed E-state index contributed by atoms with van der Waals surface area (Å²) in [5.41, 5.74) is 0.743. The van der Waals surface area contributed by atoms with Crippen LogP contribution in [-0.4, -0.2) is 37.0 Å². The third kappa shape index (κ3) is 4.77. The number of carboxylic acids is 1. The third-order valence-electron chi connectivity index (χ3n) is 2.83. The summed E-state index contributed by atoms with van der Waals surface area (Å²) in [5, 5.41) is 8.55. The molecule has 2 unspecified atom stereocenters. The molecule has 0 heterocycles. The first-order valence-electron chi connectivity index (χ1n) is 5.66. The first-order valence-corrected chi connectivity index (χ1v) is 5.66. The molecular formula is C12H20O4. The minimum Gasteiger partial charge on any atom is -0.478 e. The Morgan fingerprint density at radius 1 is 1.44 bits per heavy atom. The zero-order valence-corrected chi connectivity index (χ0v) is 9.94. The van der Waals surface area contributed by atoms with Gasteiger partial charge in [0.2, 0.25) is 0 Å². The van der Waals surface area contributed by atoms with E-state index in [0.717, 1.165) is 31.3 Å². The molecule has 1 aliphatic rings. The van der Waals surface area contributed by atoms with Crippen LogP contribution in [0.2, 0.25) is 0 Å². The normalized spacial score (nSPS) is 26.8. The van der Waals surface area contributed by atoms with Crippen molar-refractivity contribution in [3.05, 3.63) is 11.6 Å². The molecule has 0 saturated heterocycles. The molecule has 1 aliphatic carbocycles. The molecule has 0 aromatic carbocycles. The van der Waals surface area contributed by atoms with E-state index < -0.39 is 5.97 Å². The highest BCUT2D eigenvalue weighted by molar-refractivity contribution is 5.80. The standard InChI is InChI=1S/C12H20O4/c1-9(6-12(13)14)8-16-11-5-3-4-10(7-11)15-2/h6,10-11H,3-5,7-8H2,1-2H3,(H,13,14). The molecule has 2 atom stereocenters. The molecule has 0 bridgehead atoms. The highest BCUT2D eigenvalue weighted by Gasteiger charge is 2.21. The highest BCUT2D eigenvalue weighted by atomic mass is 16.5. The molecule has 0 amide bonds. The SMILES string of the molecule is COC1CCCC(OCC(C)=CC(=O)O)C1. The Balaban J connectivity index is 2.29. The predicted molar refractivity (Wildman–Crippen MR) is 60.4 cm³/mol. The number of ether oxygens (including phenoxy) is 2. The van der Waals surface area contributed by atoms with Crippen molar-refractivity contribution >= 4 is 5.97 Å². The van der Waals surface area contributed by atoms with Gasteiger partial charge in [-0.15, -0.1) is 0 Å². The van der Waals surface area contributed by atoms with E-state index in [1.165, 1.54) is 6.08 Å². The molecule has 0 aliphatic heterocycles. The smallest absolute Gasteiger partial charge is 0.328 e. The Labute approximate surface area is 96.2 Å². The van der Waals surface area contributed by atoms with Crippen LogP contribution in [-0.2, 0) is 14.3 Å². The van der Waals surface area contributed by atoms with Crippen molar-refractivity contribution in [2.24, 2.45) is 0 Å². The Morgan fingerprint density at radius 2 is 2.12 bits per heavy atom. The van der Waals surface area contributed by atoms with Gasteiger partial charge < -0.3 is 14.6 Å². The van der Waals surface area contributed by atoms with Crippen molar-refractivity contribution in [2.75, 3.05) is 13.7 Å². The van der Waals surface area contributed by atoms with Crippen LogP contribution in [0.4, 0.5) is 0 Å². The van der Waals surface area contributed by atoms with E-state index in [1.807, 2.05) is 0 Å². The maximum atomic E-state index is 10.4. The molecule has 0 aromatic rings. The average Bonchev–Trinajstić information content (AvgIpc) is 2.26. The van der Waals surface area contributed by atoms with Crippen molar-refractivity contribution in [3.63, 3.8) is 0 Å². The number of methoxy groups -OCH3 is 1. The quantitative estimate of drug-likeness (QED) is 0.731. The molecule has 16 heavy (non-hydrogen) atoms. The minimum atomic E-state index is -0.917. The first-order chi connectivity index (χ1) is 7.61. The molecule has 0 aromatic heterocycles. The fourth-order valence-corrected chi connectivity index (χ4v) is 1.97. The summed E-state index contributed by atoms with van der Waals surface area (Å²) in [5.74, 6) is -0.917. The summed E-state index contributed by atoms with van der Waals surface area (Å²) < 4.78 is 11.0. The van der Waals surface area contributed by atoms with Gasteiger partial charge in [-0.1, -0.05) is 0 Å². The third-order valence-corrected chi connectivity index (χ3v) is 2.83. The minimum absolute atomic E-state index is 0.204. The number of carboxylic acid groups (broad SMARTS) is 1. The first kappa shape index (κ1) is 13.2. The van der Waals surface area contributed by atoms with Crippen molar-refractivity contribution in [2.45, 2.75) is 44.8 Å². The summed E-state index contributed by atoms with van der Waals surface area (Å²) in [6.45, 7) is 2.16. The fraction of sp³-hybridized carbons (Fsp3) is 0.750. The maximum absolute atomic E-state index is 10.4. The van der Waals surface area contributed by atoms with E-state index in [-0.39, 0.29) is 6.10 Å². The molecule has 4 nitrogen and oxygen atoms in total. The fourth-order valence-electron chi connectivity index (χ4n) is 1.97. The van der Waals surface area contributed by atoms with Crippen LogP contribution < -0.4 is 0 Å². The molecule has 1 N–H and O–H groups in total. The topological polar surface area (TPSA) is 55.8 Å². The highest BCUT2D eigenvalue weighted by Crippen LogP contribution is 2.23. The summed E-state index contributed by atoms with van der Waals surface area (Å²) in [6, 6.07) is 0. The second kappa shape index (κ2) is 6.66. The van der Waals surface area contributed by atoms with Crippen molar-refractivity contribution in [1.82, 2.24) is 0 Å². The number of hydrogen-bond acceptors (Lipinski definition) is 3. The van der Waals surface area contributed by atoms with Crippen molar-refractivity contribution in [1.29, 1.82) is 0 Å². The van der Waals surface area contributed by atoms with Gasteiger partial charge in [-0.25, -0.2) is 4.79 Å². The van der Waals surface area contributed by atoms with Crippen LogP contribution in [0.5, 0.6) is 0 Å². The number of carbonyl (C=O) groups is 1. The summed E-state index contributed by atoms with van der Waals surface area (Å²) in [7, 11) is 1.72. The van der Waals surface area contributed by atoms with E-state index in [2.05, 4.69) is 0 Å². The van der Waals surface area contributed by atoms with Gasteiger partial charge in [-0.3, -0.25) is 0 Å². The van der Waals surface area contributed by atoms with E-state index >= 15 is 0 Å². The summed E-state index contributed by atoms with van der Waals surface area (Å²) in [4.78, 5) is 10.4. The monoisotopic (exact) mass is 228 g/mol. The maximum Gasteiger partial charge on any atom is 0.328 e. The Morgan fingerprint density at radius 3 is 2.75 bits per heavy atom. The summed E-state index contributed by atoms with van der Waals surface area (Å²) in [6.07, 6.45) is 5.86. The largest absolute Gasteiger partial charge is 0.478 e. The molecule has 0 radical (unpaired) electrons. The summed E-state index contributed by atoms with van der Waals surface area (Å²) >= 11 is 0. The van der Waals surface area contributed by atoms with Crippen LogP contribution in [0.25, 0.3) is 0 Å². The molecule has 0 spiro atoms. The Bertz CT molecular complexity index is 260. The van der Waals surface area contributed by atoms with E-state index in [1.54, 1.807) is 14.0 Å². The lowest BCUT2D eigenvalue weighted by molar-refractivity contribution is -0.131.